The first-order valence-electron chi connectivity index (χ1n) is 6.73. The number of hydrogen-bond acceptors (Lipinski definition) is 7. The summed E-state index contributed by atoms with van der Waals surface area (Å²) in [6, 6.07) is 1.45. The third-order valence-corrected chi connectivity index (χ3v) is 4.99. The molecule has 3 heterocycles. The minimum Gasteiger partial charge on any atom is -0.270 e. The first-order chi connectivity index (χ1) is 10.6. The summed E-state index contributed by atoms with van der Waals surface area (Å²) in [7, 11) is 0. The molecule has 0 unspecified atom stereocenters. The highest BCUT2D eigenvalue weighted by molar-refractivity contribution is 7.98. The van der Waals surface area contributed by atoms with Gasteiger partial charge >= 0.3 is 5.69 Å². The summed E-state index contributed by atoms with van der Waals surface area (Å²) in [6.07, 6.45) is 0.854. The molecule has 0 aromatic carbocycles. The maximum absolute atomic E-state index is 11.8. The van der Waals surface area contributed by atoms with E-state index in [1.807, 2.05) is 6.92 Å². The van der Waals surface area contributed by atoms with Gasteiger partial charge in [-0.3, -0.25) is 9.36 Å². The van der Waals surface area contributed by atoms with Crippen LogP contribution >= 0.6 is 23.1 Å². The molecule has 0 aliphatic rings. The zero-order chi connectivity index (χ0) is 15.7. The van der Waals surface area contributed by atoms with Gasteiger partial charge in [-0.1, -0.05) is 30.0 Å². The lowest BCUT2D eigenvalue weighted by Gasteiger charge is -2.01. The number of H-pyrrole nitrogens is 1. The fourth-order valence-corrected chi connectivity index (χ4v) is 3.88. The van der Waals surface area contributed by atoms with E-state index >= 15 is 0 Å². The quantitative estimate of drug-likeness (QED) is 0.698. The van der Waals surface area contributed by atoms with Crippen LogP contribution in [0.25, 0.3) is 4.96 Å². The fraction of sp³-hybridized carbons (Fsp3) is 0.417. The van der Waals surface area contributed by atoms with Crippen molar-refractivity contribution < 1.29 is 0 Å². The molecule has 10 heteroatoms. The minimum absolute atomic E-state index is 0.183. The Bertz CT molecular complexity index is 922. The molecule has 0 radical (unpaired) electrons. The largest absolute Gasteiger partial charge is 0.343 e. The molecule has 0 fully saturated rings. The van der Waals surface area contributed by atoms with E-state index in [0.29, 0.717) is 28.1 Å². The van der Waals surface area contributed by atoms with E-state index in [9.17, 15) is 9.59 Å². The molecule has 116 valence electrons. The Balaban J connectivity index is 1.84. The maximum atomic E-state index is 11.8. The van der Waals surface area contributed by atoms with E-state index in [-0.39, 0.29) is 11.2 Å². The summed E-state index contributed by atoms with van der Waals surface area (Å²) in [4.78, 5) is 28.3. The van der Waals surface area contributed by atoms with Gasteiger partial charge in [0.1, 0.15) is 5.01 Å². The van der Waals surface area contributed by atoms with Crippen LogP contribution < -0.4 is 11.2 Å². The standard InChI is InChI=1S/C12H14N6O2S2/c1-3-4-17-10(20)14-15-12(17)21-6-8-16-18-9(19)5-7(2)13-11(18)22-8/h5H,3-4,6H2,1-2H3,(H,14,20). The van der Waals surface area contributed by atoms with Crippen LogP contribution in [0, 0.1) is 6.92 Å². The van der Waals surface area contributed by atoms with Crippen LogP contribution in [-0.4, -0.2) is 29.4 Å². The van der Waals surface area contributed by atoms with Gasteiger partial charge in [0.25, 0.3) is 5.56 Å². The van der Waals surface area contributed by atoms with Gasteiger partial charge in [0.05, 0.1) is 5.75 Å². The van der Waals surface area contributed by atoms with Gasteiger partial charge in [-0.2, -0.15) is 9.61 Å². The number of nitrogens with zero attached hydrogens (tertiary/aromatic N) is 5. The molecule has 0 saturated carbocycles. The summed E-state index contributed by atoms with van der Waals surface area (Å²) in [5, 5.41) is 12.1. The second-order valence-electron chi connectivity index (χ2n) is 4.68. The topological polar surface area (TPSA) is 97.9 Å². The fourth-order valence-electron chi connectivity index (χ4n) is 1.98. The molecule has 0 amide bonds. The Morgan fingerprint density at radius 3 is 3.00 bits per heavy atom. The summed E-state index contributed by atoms with van der Waals surface area (Å²) < 4.78 is 2.91. The minimum atomic E-state index is -0.206. The number of nitrogens with one attached hydrogen (secondary N) is 1. The molecular formula is C12H14N6O2S2. The average molecular weight is 338 g/mol. The molecule has 1 N–H and O–H groups in total. The number of fused-ring (bicyclic) bond motifs is 1. The molecular weight excluding hydrogens is 324 g/mol. The van der Waals surface area contributed by atoms with Gasteiger partial charge in [0, 0.05) is 18.3 Å². The van der Waals surface area contributed by atoms with Crippen molar-refractivity contribution in [2.75, 3.05) is 0 Å². The van der Waals surface area contributed by atoms with Crippen LogP contribution in [0.5, 0.6) is 0 Å². The van der Waals surface area contributed by atoms with E-state index in [1.54, 1.807) is 11.5 Å². The second-order valence-corrected chi connectivity index (χ2v) is 6.66. The van der Waals surface area contributed by atoms with Crippen molar-refractivity contribution in [2.24, 2.45) is 0 Å². The van der Waals surface area contributed by atoms with Crippen LogP contribution in [0.2, 0.25) is 0 Å². The van der Waals surface area contributed by atoms with Crippen LogP contribution in [-0.2, 0) is 12.3 Å². The molecule has 0 atom stereocenters. The predicted octanol–water partition coefficient (Wildman–Crippen LogP) is 1.05. The van der Waals surface area contributed by atoms with Crippen molar-refractivity contribution >= 4 is 28.1 Å². The third kappa shape index (κ3) is 2.83. The van der Waals surface area contributed by atoms with Crippen LogP contribution in [0.4, 0.5) is 0 Å². The van der Waals surface area contributed by atoms with Gasteiger partial charge in [-0.15, -0.1) is 5.10 Å². The Hall–Kier alpha value is -1.94. The predicted molar refractivity (Wildman–Crippen MR) is 84.6 cm³/mol. The molecule has 0 spiro atoms. The average Bonchev–Trinajstić information content (AvgIpc) is 3.02. The van der Waals surface area contributed by atoms with E-state index in [4.69, 9.17) is 0 Å². The SMILES string of the molecule is CCCn1c(SCc2nn3c(=O)cc(C)nc3s2)n[nH]c1=O. The van der Waals surface area contributed by atoms with Crippen molar-refractivity contribution in [1.29, 1.82) is 0 Å². The highest BCUT2D eigenvalue weighted by Gasteiger charge is 2.12. The zero-order valence-corrected chi connectivity index (χ0v) is 13.7. The number of aromatic amines is 1. The molecule has 22 heavy (non-hydrogen) atoms. The maximum Gasteiger partial charge on any atom is 0.343 e. The van der Waals surface area contributed by atoms with E-state index in [0.717, 1.165) is 11.4 Å². The van der Waals surface area contributed by atoms with Gasteiger partial charge in [0.2, 0.25) is 4.96 Å². The Labute approximate surface area is 133 Å². The number of aromatic nitrogens is 6. The summed E-state index contributed by atoms with van der Waals surface area (Å²) in [5.74, 6) is 0.528. The Morgan fingerprint density at radius 2 is 2.23 bits per heavy atom. The van der Waals surface area contributed by atoms with Crippen molar-refractivity contribution in [2.45, 2.75) is 37.7 Å². The highest BCUT2D eigenvalue weighted by Crippen LogP contribution is 2.22. The lowest BCUT2D eigenvalue weighted by molar-refractivity contribution is 0.603. The van der Waals surface area contributed by atoms with Crippen molar-refractivity contribution in [3.05, 3.63) is 37.6 Å². The first-order valence-corrected chi connectivity index (χ1v) is 8.53. The lowest BCUT2D eigenvalue weighted by Crippen LogP contribution is -2.17. The summed E-state index contributed by atoms with van der Waals surface area (Å²) in [6.45, 7) is 4.41. The number of rotatable bonds is 5. The highest BCUT2D eigenvalue weighted by atomic mass is 32.2. The molecule has 0 aliphatic carbocycles. The molecule has 3 aromatic heterocycles. The molecule has 3 rings (SSSR count). The van der Waals surface area contributed by atoms with Crippen LogP contribution in [0.15, 0.2) is 20.8 Å². The normalized spacial score (nSPS) is 11.4. The monoisotopic (exact) mass is 338 g/mol. The number of aryl methyl sites for hydroxylation is 1. The number of hydrogen-bond donors (Lipinski definition) is 1. The molecule has 0 bridgehead atoms. The van der Waals surface area contributed by atoms with Crippen molar-refractivity contribution in [1.82, 2.24) is 29.4 Å². The van der Waals surface area contributed by atoms with E-state index in [1.165, 1.54) is 33.7 Å². The van der Waals surface area contributed by atoms with Gasteiger partial charge in [0.15, 0.2) is 5.16 Å². The zero-order valence-electron chi connectivity index (χ0n) is 12.1. The van der Waals surface area contributed by atoms with E-state index < -0.39 is 0 Å². The van der Waals surface area contributed by atoms with Gasteiger partial charge in [-0.25, -0.2) is 14.9 Å². The third-order valence-electron chi connectivity index (χ3n) is 2.91. The van der Waals surface area contributed by atoms with Crippen LogP contribution in [0.3, 0.4) is 0 Å². The first kappa shape index (κ1) is 15.0. The Morgan fingerprint density at radius 1 is 1.41 bits per heavy atom. The second kappa shape index (κ2) is 6.05. The smallest absolute Gasteiger partial charge is 0.270 e. The molecule has 8 nitrogen and oxygen atoms in total. The lowest BCUT2D eigenvalue weighted by atomic mass is 10.5. The van der Waals surface area contributed by atoms with Gasteiger partial charge < -0.3 is 0 Å². The summed E-state index contributed by atoms with van der Waals surface area (Å²) in [5.41, 5.74) is 0.289. The molecule has 0 saturated heterocycles. The number of thioether (sulfide) groups is 1. The van der Waals surface area contributed by atoms with Crippen molar-refractivity contribution in [3.63, 3.8) is 0 Å². The molecule has 0 aliphatic heterocycles. The van der Waals surface area contributed by atoms with Crippen LogP contribution in [0.1, 0.15) is 24.0 Å². The van der Waals surface area contributed by atoms with Gasteiger partial charge in [-0.05, 0) is 13.3 Å². The van der Waals surface area contributed by atoms with Crippen molar-refractivity contribution in [3.8, 4) is 0 Å². The molecule has 3 aromatic rings. The van der Waals surface area contributed by atoms with E-state index in [2.05, 4.69) is 20.3 Å². The Kier molecular flexibility index (Phi) is 4.12. The summed E-state index contributed by atoms with van der Waals surface area (Å²) >= 11 is 2.78.